The maximum absolute atomic E-state index is 15.8. The molecule has 0 aromatic heterocycles. The number of nitrogens with two attached hydrogens (primary N) is 1. The lowest BCUT2D eigenvalue weighted by atomic mass is 9.89. The molecule has 0 fully saturated rings. The Morgan fingerprint density at radius 3 is 1.74 bits per heavy atom. The molecule has 90 heavy (non-hydrogen) atoms. The van der Waals surface area contributed by atoms with Gasteiger partial charge in [0.05, 0.1) is 15.1 Å². The van der Waals surface area contributed by atoms with Crippen molar-refractivity contribution in [2.45, 2.75) is 54.8 Å². The largest absolute Gasteiger partial charge is 0.508 e. The number of ether oxygens (including phenoxy) is 3. The summed E-state index contributed by atoms with van der Waals surface area (Å²) in [6.45, 7) is 0. The first-order chi connectivity index (χ1) is 42.6. The molecule has 464 valence electrons. The minimum Gasteiger partial charge on any atom is -0.508 e. The van der Waals surface area contributed by atoms with Crippen LogP contribution in [-0.2, 0) is 50.4 Å². The van der Waals surface area contributed by atoms with Gasteiger partial charge in [-0.15, -0.1) is 0 Å². The van der Waals surface area contributed by atoms with Crippen LogP contribution in [-0.4, -0.2) is 102 Å². The van der Waals surface area contributed by atoms with Crippen molar-refractivity contribution >= 4 is 86.6 Å². The first kappa shape index (κ1) is 61.4. The van der Waals surface area contributed by atoms with E-state index in [2.05, 4.69) is 31.9 Å². The maximum Gasteiger partial charge on any atom is 0.446 e. The third-order valence-corrected chi connectivity index (χ3v) is 16.0. The van der Waals surface area contributed by atoms with Gasteiger partial charge in [-0.05, 0) is 112 Å². The zero-order valence-corrected chi connectivity index (χ0v) is 48.3. The van der Waals surface area contributed by atoms with E-state index >= 15 is 14.4 Å². The number of aliphatic carboxylic acids is 1. The molecule has 7 aromatic carbocycles. The minimum atomic E-state index is -5.27. The van der Waals surface area contributed by atoms with Crippen LogP contribution >= 0.6 is 34.8 Å². The second-order valence-electron chi connectivity index (χ2n) is 20.7. The Labute approximate surface area is 520 Å². The molecule has 16 N–H and O–H groups in total. The molecule has 0 radical (unpaired) electrons. The molecule has 0 saturated heterocycles. The van der Waals surface area contributed by atoms with Crippen LogP contribution in [0.2, 0.25) is 15.1 Å². The van der Waals surface area contributed by atoms with Gasteiger partial charge in [0, 0.05) is 35.2 Å². The predicted molar refractivity (Wildman–Crippen MR) is 310 cm³/mol. The van der Waals surface area contributed by atoms with Crippen LogP contribution in [0.25, 0.3) is 11.1 Å². The van der Waals surface area contributed by atoms with Crippen molar-refractivity contribution in [2.24, 2.45) is 5.73 Å². The minimum absolute atomic E-state index is 0.0722. The first-order valence-electron chi connectivity index (χ1n) is 26.3. The normalized spacial score (nSPS) is 21.6. The Bertz CT molecular complexity index is 4390. The standard InChI is InChI=1S/C58H44Cl3N7O21S/c59-31-7-20-1-4-36(31)87-40-15-25-16-41(51(40)74)88-37-5-3-22(12-32(37)60)49(72)48-57(80)67-47(58(81)82)29-18-27(70)19-35(71)42(29)30-11-24(13-33(61)50(30)73)45(56(79)68-48)65-55(78)46(25)66-54(77)44-23-9-26(69)17-28(10-23)86-39-14-21(2-6-38(39)89-90(83,84)85)43(62)53(76)63-34(8-20)52(75)64-44/h1-7,9-19,34,43-49,69-74H,8,62H2,(H,63,76)(H,64,75)(H,65,78)(H,66,77)(H,67,80)(H,68,79)(H,81,82)(H,83,84,85)/t34?,43-,44?,45?,46?,47-,48?,49+/m0/s1. The van der Waals surface area contributed by atoms with E-state index in [1.165, 1.54) is 18.2 Å². The van der Waals surface area contributed by atoms with E-state index in [4.69, 9.17) is 58.9 Å². The van der Waals surface area contributed by atoms with E-state index in [0.29, 0.717) is 0 Å². The zero-order chi connectivity index (χ0) is 64.5. The summed E-state index contributed by atoms with van der Waals surface area (Å²) in [4.78, 5) is 104. The summed E-state index contributed by atoms with van der Waals surface area (Å²) < 4.78 is 56.8. The van der Waals surface area contributed by atoms with E-state index in [0.717, 1.165) is 91.0 Å². The number of amides is 6. The van der Waals surface area contributed by atoms with Crippen molar-refractivity contribution in [3.63, 3.8) is 0 Å². The second-order valence-corrected chi connectivity index (χ2v) is 23.0. The predicted octanol–water partition coefficient (Wildman–Crippen LogP) is 5.11. The van der Waals surface area contributed by atoms with E-state index in [1.807, 2.05) is 0 Å². The van der Waals surface area contributed by atoms with E-state index in [9.17, 15) is 67.9 Å². The Kier molecular flexibility index (Phi) is 16.2. The molecule has 28 nitrogen and oxygen atoms in total. The number of carbonyl (C=O) groups is 7. The highest BCUT2D eigenvalue weighted by atomic mass is 35.5. The molecule has 6 heterocycles. The van der Waals surface area contributed by atoms with Crippen LogP contribution in [0.1, 0.15) is 75.3 Å². The summed E-state index contributed by atoms with van der Waals surface area (Å²) in [5.74, 6) is -17.0. The summed E-state index contributed by atoms with van der Waals surface area (Å²) in [5.41, 5.74) is 3.40. The van der Waals surface area contributed by atoms with E-state index < -0.39 is 197 Å². The van der Waals surface area contributed by atoms with Crippen LogP contribution in [0.3, 0.4) is 0 Å². The molecule has 32 heteroatoms. The van der Waals surface area contributed by atoms with Gasteiger partial charge in [0.15, 0.2) is 29.0 Å². The number of hydrogen-bond donors (Lipinski definition) is 15. The van der Waals surface area contributed by atoms with E-state index in [-0.39, 0.29) is 43.8 Å². The van der Waals surface area contributed by atoms with Gasteiger partial charge in [0.1, 0.15) is 82.6 Å². The molecule has 8 atom stereocenters. The summed E-state index contributed by atoms with van der Waals surface area (Å²) in [6.07, 6.45) is -2.62. The lowest BCUT2D eigenvalue weighted by Gasteiger charge is -2.31. The number of carboxylic acids is 1. The highest BCUT2D eigenvalue weighted by molar-refractivity contribution is 7.81. The van der Waals surface area contributed by atoms with Gasteiger partial charge in [0.2, 0.25) is 41.2 Å². The Morgan fingerprint density at radius 1 is 0.544 bits per heavy atom. The number of halogens is 3. The summed E-state index contributed by atoms with van der Waals surface area (Å²) in [6, 6.07) is 4.56. The fourth-order valence-corrected chi connectivity index (χ4v) is 11.5. The number of phenols is 5. The number of aliphatic hydroxyl groups is 1. The number of aliphatic hydroxyl groups excluding tert-OH is 1. The van der Waals surface area contributed by atoms with Gasteiger partial charge in [-0.2, -0.15) is 8.42 Å². The fourth-order valence-electron chi connectivity index (χ4n) is 10.4. The zero-order valence-electron chi connectivity index (χ0n) is 45.2. The molecule has 13 rings (SSSR count). The molecule has 0 spiro atoms. The smallest absolute Gasteiger partial charge is 0.446 e. The first-order valence-corrected chi connectivity index (χ1v) is 28.8. The molecule has 6 aliphatic rings. The quantitative estimate of drug-likeness (QED) is 0.102. The maximum atomic E-state index is 15.8. The van der Waals surface area contributed by atoms with Gasteiger partial charge in [-0.3, -0.25) is 33.3 Å². The average Bonchev–Trinajstić information content (AvgIpc) is 0.775. The average molecular weight is 1310 g/mol. The summed E-state index contributed by atoms with van der Waals surface area (Å²) >= 11 is 20.3. The third-order valence-electron chi connectivity index (χ3n) is 14.7. The van der Waals surface area contributed by atoms with Crippen LogP contribution in [0, 0.1) is 0 Å². The van der Waals surface area contributed by atoms with E-state index in [1.54, 1.807) is 0 Å². The van der Waals surface area contributed by atoms with Crippen molar-refractivity contribution in [1.82, 2.24) is 31.9 Å². The molecule has 5 unspecified atom stereocenters. The topological polar surface area (TPSA) is 451 Å². The van der Waals surface area contributed by atoms with Gasteiger partial charge < -0.3 is 91.8 Å². The lowest BCUT2D eigenvalue weighted by Crippen LogP contribution is -2.55. The highest BCUT2D eigenvalue weighted by Gasteiger charge is 2.42. The fraction of sp³-hybridized carbons (Fsp3) is 0.155. The third kappa shape index (κ3) is 12.2. The number of fused-ring (bicyclic) bond motifs is 14. The number of aromatic hydroxyl groups is 5. The van der Waals surface area contributed by atoms with Crippen molar-refractivity contribution < 1.29 is 101 Å². The molecule has 7 aromatic rings. The van der Waals surface area contributed by atoms with Crippen molar-refractivity contribution in [3.05, 3.63) is 163 Å². The van der Waals surface area contributed by atoms with Crippen LogP contribution in [0.4, 0.5) is 0 Å². The molecule has 6 aliphatic heterocycles. The van der Waals surface area contributed by atoms with Crippen molar-refractivity contribution in [3.8, 4) is 80.1 Å². The number of hydrogen-bond acceptors (Lipinski definition) is 20. The summed E-state index contributed by atoms with van der Waals surface area (Å²) in [7, 11) is -5.27. The number of carboxylic acid groups (broad SMARTS) is 1. The molecular weight excluding hydrogens is 1270 g/mol. The Hall–Kier alpha value is -10.3. The van der Waals surface area contributed by atoms with Gasteiger partial charge in [-0.25, -0.2) is 4.79 Å². The summed E-state index contributed by atoms with van der Waals surface area (Å²) in [5, 5.41) is 93.3. The van der Waals surface area contributed by atoms with Crippen molar-refractivity contribution in [1.29, 1.82) is 0 Å². The SMILES string of the molecule is N[C@@H]1C(=O)NC2Cc3ccc(c(Cl)c3)Oc3cc4cc(c3O)Oc3ccc(cc3Cl)[C@@H](O)C3NC(=O)C(NC(=O)C4NC(=O)C(NC2=O)c2cc(O)cc(c2)Oc2cc1ccc2OS(=O)(=O)O)c1cc(Cl)c(O)c(c1)-c1c(O)cc(O)cc1[C@@H](C(=O)O)NC3=O. The molecule has 6 amide bonds. The van der Waals surface area contributed by atoms with Crippen LogP contribution in [0.15, 0.2) is 109 Å². The molecule has 0 aliphatic carbocycles. The van der Waals surface area contributed by atoms with Crippen molar-refractivity contribution in [2.75, 3.05) is 0 Å². The number of rotatable bonds is 3. The highest BCUT2D eigenvalue weighted by Crippen LogP contribution is 2.49. The molecular formula is C58H44Cl3N7O21S. The van der Waals surface area contributed by atoms with Gasteiger partial charge in [-0.1, -0.05) is 53.0 Å². The Balaban J connectivity index is 1.15. The number of nitrogens with one attached hydrogen (secondary N) is 6. The Morgan fingerprint density at radius 2 is 1.11 bits per heavy atom. The second kappa shape index (κ2) is 23.7. The monoisotopic (exact) mass is 1310 g/mol. The molecule has 0 saturated carbocycles. The van der Waals surface area contributed by atoms with Gasteiger partial charge in [0.25, 0.3) is 0 Å². The van der Waals surface area contributed by atoms with Crippen LogP contribution < -0.4 is 56.0 Å². The number of benzene rings is 7. The van der Waals surface area contributed by atoms with Crippen LogP contribution in [0.5, 0.6) is 69.0 Å². The molecule has 17 bridgehead atoms. The lowest BCUT2D eigenvalue weighted by molar-refractivity contribution is -0.143. The number of phenolic OH excluding ortho intramolecular Hbond substituents is 5. The van der Waals surface area contributed by atoms with Gasteiger partial charge >= 0.3 is 16.4 Å². The number of carbonyl (C=O) groups excluding carboxylic acids is 6.